The molecule has 3 heteroatoms. The Kier molecular flexibility index (Phi) is 2.74. The Morgan fingerprint density at radius 2 is 1.45 bits per heavy atom. The molecule has 0 N–H and O–H groups in total. The fraction of sp³-hybridized carbons (Fsp3) is 0.0714. The third kappa shape index (κ3) is 1.81. The van der Waals surface area contributed by atoms with Crippen LogP contribution in [0.3, 0.4) is 0 Å². The number of pyridine rings is 2. The van der Waals surface area contributed by atoms with Crippen molar-refractivity contribution in [1.29, 1.82) is 0 Å². The second kappa shape index (κ2) is 5.38. The van der Waals surface area contributed by atoms with E-state index in [9.17, 15) is 0 Å². The van der Waals surface area contributed by atoms with E-state index >= 15 is 0 Å². The molecule has 3 aromatic heterocycles. The maximum absolute atomic E-state index is 4.86. The first kappa shape index (κ1) is 15.8. The van der Waals surface area contributed by atoms with Gasteiger partial charge in [0.1, 0.15) is 5.65 Å². The van der Waals surface area contributed by atoms with Crippen LogP contribution in [0.2, 0.25) is 0 Å². The highest BCUT2D eigenvalue weighted by molar-refractivity contribution is 6.22. The maximum Gasteiger partial charge on any atom is 0.145 e. The predicted octanol–water partition coefficient (Wildman–Crippen LogP) is 6.18. The molecule has 0 aliphatic heterocycles. The van der Waals surface area contributed by atoms with E-state index in [1.165, 1.54) is 60.7 Å². The zero-order valence-electron chi connectivity index (χ0n) is 16.8. The zero-order chi connectivity index (χ0) is 20.1. The molecule has 3 nitrogen and oxygen atoms in total. The molecule has 0 bridgehead atoms. The fourth-order valence-electron chi connectivity index (χ4n) is 6.05. The minimum Gasteiger partial charge on any atom is -0.298 e. The average Bonchev–Trinajstić information content (AvgIpc) is 3.53. The number of aromatic nitrogens is 3. The van der Waals surface area contributed by atoms with E-state index in [4.69, 9.17) is 4.98 Å². The van der Waals surface area contributed by atoms with Crippen molar-refractivity contribution < 1.29 is 0 Å². The van der Waals surface area contributed by atoms with Crippen molar-refractivity contribution in [2.24, 2.45) is 0 Å². The highest BCUT2D eigenvalue weighted by Gasteiger charge is 2.33. The summed E-state index contributed by atoms with van der Waals surface area (Å²) in [5.41, 5.74) is 13.5. The predicted molar refractivity (Wildman–Crippen MR) is 124 cm³/mol. The van der Waals surface area contributed by atoms with E-state index in [2.05, 4.69) is 70.2 Å². The molecule has 0 saturated carbocycles. The largest absolute Gasteiger partial charge is 0.298 e. The molecule has 3 heterocycles. The number of hydrogen-bond acceptors (Lipinski definition) is 2. The van der Waals surface area contributed by atoms with Gasteiger partial charge in [-0.3, -0.25) is 9.38 Å². The molecule has 6 aromatic rings. The van der Waals surface area contributed by atoms with Gasteiger partial charge >= 0.3 is 0 Å². The highest BCUT2D eigenvalue weighted by atomic mass is 15.0. The first-order valence-corrected chi connectivity index (χ1v) is 10.8. The summed E-state index contributed by atoms with van der Waals surface area (Å²) in [5.74, 6) is 0. The molecular weight excluding hydrogens is 378 g/mol. The van der Waals surface area contributed by atoms with Crippen LogP contribution in [0.5, 0.6) is 0 Å². The summed E-state index contributed by atoms with van der Waals surface area (Å²) in [6.45, 7) is 0. The topological polar surface area (TPSA) is 30.2 Å². The molecule has 31 heavy (non-hydrogen) atoms. The quantitative estimate of drug-likeness (QED) is 0.287. The summed E-state index contributed by atoms with van der Waals surface area (Å²) in [5, 5.41) is 3.89. The van der Waals surface area contributed by atoms with Crippen LogP contribution in [0, 0.1) is 0 Å². The second-order valence-corrected chi connectivity index (χ2v) is 8.64. The van der Waals surface area contributed by atoms with Gasteiger partial charge in [0.25, 0.3) is 0 Å². The lowest BCUT2D eigenvalue weighted by atomic mass is 9.88. The molecule has 0 fully saturated rings. The van der Waals surface area contributed by atoms with Crippen molar-refractivity contribution >= 4 is 27.3 Å². The summed E-state index contributed by atoms with van der Waals surface area (Å²) < 4.78 is 2.21. The monoisotopic (exact) mass is 395 g/mol. The van der Waals surface area contributed by atoms with Gasteiger partial charge in [0.05, 0.1) is 11.7 Å². The normalized spacial score (nSPS) is 13.5. The van der Waals surface area contributed by atoms with Crippen LogP contribution in [0.4, 0.5) is 0 Å². The van der Waals surface area contributed by atoms with Gasteiger partial charge < -0.3 is 0 Å². The summed E-state index contributed by atoms with van der Waals surface area (Å²) >= 11 is 0. The van der Waals surface area contributed by atoms with Crippen molar-refractivity contribution in [2.45, 2.75) is 12.8 Å². The van der Waals surface area contributed by atoms with E-state index in [0.29, 0.717) is 0 Å². The number of fused-ring (bicyclic) bond motifs is 15. The minimum atomic E-state index is 0.972. The third-order valence-corrected chi connectivity index (χ3v) is 7.21. The molecule has 0 atom stereocenters. The zero-order valence-corrected chi connectivity index (χ0v) is 16.8. The maximum atomic E-state index is 4.86. The van der Waals surface area contributed by atoms with Crippen molar-refractivity contribution in [3.63, 3.8) is 0 Å². The molecule has 2 aliphatic rings. The molecule has 2 aliphatic carbocycles. The summed E-state index contributed by atoms with van der Waals surface area (Å²) in [7, 11) is 0. The first-order chi connectivity index (χ1) is 15.4. The van der Waals surface area contributed by atoms with E-state index < -0.39 is 0 Å². The van der Waals surface area contributed by atoms with Crippen LogP contribution in [-0.2, 0) is 12.8 Å². The van der Waals surface area contributed by atoms with Crippen LogP contribution in [-0.4, -0.2) is 14.4 Å². The van der Waals surface area contributed by atoms with Crippen LogP contribution in [0.15, 0.2) is 79.4 Å². The first-order valence-electron chi connectivity index (χ1n) is 10.8. The number of hydrogen-bond donors (Lipinski definition) is 0. The van der Waals surface area contributed by atoms with Crippen LogP contribution < -0.4 is 0 Å². The molecule has 0 saturated heterocycles. The van der Waals surface area contributed by atoms with Gasteiger partial charge in [-0.15, -0.1) is 0 Å². The van der Waals surface area contributed by atoms with Gasteiger partial charge in [-0.2, -0.15) is 0 Å². The van der Waals surface area contributed by atoms with Crippen LogP contribution >= 0.6 is 0 Å². The lowest BCUT2D eigenvalue weighted by molar-refractivity contribution is 1.22. The average molecular weight is 395 g/mol. The van der Waals surface area contributed by atoms with Gasteiger partial charge in [-0.25, -0.2) is 4.98 Å². The standard InChI is InChI=1S/C28H17N3/c1-3-7-18-16(5-1)13-22-24(18)21-14-17-6-2-4-8-19(17)25(21)27-26(22)20-9-10-29-15-23(20)31-12-11-30-28(27)31/h1-12,15H,13-14H2. The molecule has 144 valence electrons. The molecular formula is C28H17N3. The van der Waals surface area contributed by atoms with Gasteiger partial charge in [0.15, 0.2) is 0 Å². The minimum absolute atomic E-state index is 0.972. The smallest absolute Gasteiger partial charge is 0.145 e. The van der Waals surface area contributed by atoms with Crippen molar-refractivity contribution in [3.8, 4) is 22.3 Å². The van der Waals surface area contributed by atoms with Gasteiger partial charge in [0.2, 0.25) is 0 Å². The Morgan fingerprint density at radius 1 is 0.710 bits per heavy atom. The van der Waals surface area contributed by atoms with Crippen molar-refractivity contribution in [3.05, 3.63) is 102 Å². The van der Waals surface area contributed by atoms with Crippen LogP contribution in [0.1, 0.15) is 22.3 Å². The lowest BCUT2D eigenvalue weighted by Crippen LogP contribution is -1.98. The molecule has 0 spiro atoms. The molecule has 0 amide bonds. The Hall–Kier alpha value is -3.98. The number of imidazole rings is 1. The SMILES string of the molecule is c1ccc2c(c1)Cc1c-2c2c(c3c1c1ccncc1n1ccnc31)-c1ccccc1C2. The number of nitrogens with zero attached hydrogens (tertiary/aromatic N) is 3. The van der Waals surface area contributed by atoms with E-state index in [0.717, 1.165) is 24.0 Å². The van der Waals surface area contributed by atoms with Crippen molar-refractivity contribution in [2.75, 3.05) is 0 Å². The lowest BCUT2D eigenvalue weighted by Gasteiger charge is -2.18. The number of rotatable bonds is 0. The molecule has 0 unspecified atom stereocenters. The van der Waals surface area contributed by atoms with E-state index in [1.807, 2.05) is 18.6 Å². The van der Waals surface area contributed by atoms with Gasteiger partial charge in [-0.05, 0) is 68.8 Å². The van der Waals surface area contributed by atoms with Crippen LogP contribution in [0.25, 0.3) is 49.6 Å². The van der Waals surface area contributed by atoms with E-state index in [1.54, 1.807) is 0 Å². The summed E-state index contributed by atoms with van der Waals surface area (Å²) in [6.07, 6.45) is 9.82. The van der Waals surface area contributed by atoms with Gasteiger partial charge in [-0.1, -0.05) is 48.5 Å². The number of benzene rings is 3. The van der Waals surface area contributed by atoms with Crippen molar-refractivity contribution in [1.82, 2.24) is 14.4 Å². The Balaban J connectivity index is 1.72. The molecule has 3 aromatic carbocycles. The van der Waals surface area contributed by atoms with Gasteiger partial charge in [0, 0.05) is 29.4 Å². The second-order valence-electron chi connectivity index (χ2n) is 8.64. The summed E-state index contributed by atoms with van der Waals surface area (Å²) in [6, 6.07) is 20.0. The van der Waals surface area contributed by atoms with E-state index in [-0.39, 0.29) is 0 Å². The highest BCUT2D eigenvalue weighted by Crippen LogP contribution is 2.53. The molecule has 0 radical (unpaired) electrons. The summed E-state index contributed by atoms with van der Waals surface area (Å²) in [4.78, 5) is 9.30. The fourth-order valence-corrected chi connectivity index (χ4v) is 6.05. The Morgan fingerprint density at radius 3 is 2.29 bits per heavy atom. The molecule has 8 rings (SSSR count). The third-order valence-electron chi connectivity index (χ3n) is 7.21. The Bertz CT molecular complexity index is 1740. The Labute approximate surface area is 178 Å².